The Morgan fingerprint density at radius 3 is 3.06 bits per heavy atom. The molecule has 6 heteroatoms. The van der Waals surface area contributed by atoms with Crippen molar-refractivity contribution < 1.29 is 9.53 Å². The lowest BCUT2D eigenvalue weighted by atomic mass is 10.4. The zero-order valence-corrected chi connectivity index (χ0v) is 10.6. The summed E-state index contributed by atoms with van der Waals surface area (Å²) in [7, 11) is 0. The molecule has 86 valence electrons. The third-order valence-electron chi connectivity index (χ3n) is 2.25. The van der Waals surface area contributed by atoms with E-state index < -0.39 is 6.09 Å². The fourth-order valence-corrected chi connectivity index (χ4v) is 1.64. The molecule has 1 aromatic rings. The average molecular weight is 334 g/mol. The predicted octanol–water partition coefficient (Wildman–Crippen LogP) is 1.94. The van der Waals surface area contributed by atoms with Crippen LogP contribution in [0.5, 0.6) is 0 Å². The molecule has 0 bridgehead atoms. The van der Waals surface area contributed by atoms with Crippen LogP contribution in [0.4, 0.5) is 10.5 Å². The zero-order valence-electron chi connectivity index (χ0n) is 8.46. The number of ether oxygens (including phenoxy) is 1. The molecule has 16 heavy (non-hydrogen) atoms. The third-order valence-corrected chi connectivity index (χ3v) is 2.87. The van der Waals surface area contributed by atoms with Gasteiger partial charge in [0.25, 0.3) is 5.56 Å². The molecule has 1 amide bonds. The second-order valence-electron chi connectivity index (χ2n) is 3.73. The van der Waals surface area contributed by atoms with Gasteiger partial charge < -0.3 is 9.72 Å². The molecule has 1 aromatic heterocycles. The number of amides is 1. The first kappa shape index (κ1) is 11.4. The smallest absolute Gasteiger partial charge is 0.411 e. The van der Waals surface area contributed by atoms with Crippen LogP contribution >= 0.6 is 22.6 Å². The summed E-state index contributed by atoms with van der Waals surface area (Å²) in [4.78, 5) is 25.2. The molecule has 0 unspecified atom stereocenters. The van der Waals surface area contributed by atoms with Crippen molar-refractivity contribution in [2.24, 2.45) is 5.92 Å². The number of anilines is 1. The second-order valence-corrected chi connectivity index (χ2v) is 4.97. The van der Waals surface area contributed by atoms with Crippen LogP contribution in [0.15, 0.2) is 17.1 Å². The van der Waals surface area contributed by atoms with Gasteiger partial charge in [-0.3, -0.25) is 10.1 Å². The van der Waals surface area contributed by atoms with Gasteiger partial charge in [0.05, 0.1) is 6.61 Å². The van der Waals surface area contributed by atoms with Gasteiger partial charge in [-0.1, -0.05) is 0 Å². The number of aromatic nitrogens is 1. The summed E-state index contributed by atoms with van der Waals surface area (Å²) in [5.41, 5.74) is -0.114. The van der Waals surface area contributed by atoms with E-state index in [1.54, 1.807) is 12.3 Å². The Balaban J connectivity index is 1.93. The molecular weight excluding hydrogens is 323 g/mol. The van der Waals surface area contributed by atoms with E-state index in [-0.39, 0.29) is 11.2 Å². The maximum absolute atomic E-state index is 11.3. The van der Waals surface area contributed by atoms with Gasteiger partial charge in [0.1, 0.15) is 5.69 Å². The van der Waals surface area contributed by atoms with Crippen LogP contribution in [-0.4, -0.2) is 17.7 Å². The molecular formula is C10H11IN2O3. The van der Waals surface area contributed by atoms with Crippen molar-refractivity contribution in [1.29, 1.82) is 0 Å². The standard InChI is InChI=1S/C10H11IN2O3/c11-7-3-8(9(14)12-4-7)13-10(15)16-5-6-1-2-6/h3-4,6H,1-2,5H2,(H,12,14)(H,13,15). The fourth-order valence-electron chi connectivity index (χ4n) is 1.17. The zero-order chi connectivity index (χ0) is 11.5. The van der Waals surface area contributed by atoms with Crippen LogP contribution in [0.2, 0.25) is 0 Å². The lowest BCUT2D eigenvalue weighted by Crippen LogP contribution is -2.21. The quantitative estimate of drug-likeness (QED) is 0.830. The number of rotatable bonds is 3. The minimum Gasteiger partial charge on any atom is -0.449 e. The minimum absolute atomic E-state index is 0.215. The number of carbonyl (C=O) groups excluding carboxylic acids is 1. The summed E-state index contributed by atoms with van der Waals surface area (Å²) in [5, 5.41) is 2.42. The van der Waals surface area contributed by atoms with Gasteiger partial charge >= 0.3 is 6.09 Å². The van der Waals surface area contributed by atoms with E-state index in [4.69, 9.17) is 4.74 Å². The predicted molar refractivity (Wildman–Crippen MR) is 67.5 cm³/mol. The molecule has 1 saturated carbocycles. The van der Waals surface area contributed by atoms with Crippen LogP contribution in [-0.2, 0) is 4.74 Å². The van der Waals surface area contributed by atoms with Crippen LogP contribution in [0.1, 0.15) is 12.8 Å². The molecule has 0 spiro atoms. The first-order chi connectivity index (χ1) is 7.65. The Labute approximate surface area is 106 Å². The van der Waals surface area contributed by atoms with Gasteiger partial charge in [-0.2, -0.15) is 0 Å². The van der Waals surface area contributed by atoms with Gasteiger partial charge in [-0.25, -0.2) is 4.79 Å². The summed E-state index contributed by atoms with van der Waals surface area (Å²) < 4.78 is 5.80. The monoisotopic (exact) mass is 334 g/mol. The average Bonchev–Trinajstić information content (AvgIpc) is 3.04. The molecule has 1 aliphatic rings. The van der Waals surface area contributed by atoms with Crippen molar-refractivity contribution in [3.63, 3.8) is 0 Å². The molecule has 0 aromatic carbocycles. The Bertz CT molecular complexity index is 454. The Hall–Kier alpha value is -1.05. The molecule has 2 rings (SSSR count). The Kier molecular flexibility index (Phi) is 3.47. The normalized spacial score (nSPS) is 14.6. The number of aromatic amines is 1. The topological polar surface area (TPSA) is 71.2 Å². The summed E-state index contributed by atoms with van der Waals surface area (Å²) >= 11 is 2.05. The Morgan fingerprint density at radius 1 is 1.62 bits per heavy atom. The van der Waals surface area contributed by atoms with E-state index >= 15 is 0 Å². The van der Waals surface area contributed by atoms with E-state index in [1.165, 1.54) is 0 Å². The number of pyridine rings is 1. The molecule has 1 aliphatic carbocycles. The summed E-state index contributed by atoms with van der Waals surface area (Å²) in [5.74, 6) is 0.514. The summed E-state index contributed by atoms with van der Waals surface area (Å²) in [6.45, 7) is 0.438. The molecule has 0 radical (unpaired) electrons. The molecule has 1 heterocycles. The van der Waals surface area contributed by atoms with E-state index in [0.717, 1.165) is 16.4 Å². The van der Waals surface area contributed by atoms with Crippen molar-refractivity contribution in [2.45, 2.75) is 12.8 Å². The minimum atomic E-state index is -0.570. The molecule has 2 N–H and O–H groups in total. The van der Waals surface area contributed by atoms with Gasteiger partial charge in [0, 0.05) is 9.77 Å². The maximum atomic E-state index is 11.3. The van der Waals surface area contributed by atoms with Crippen molar-refractivity contribution >= 4 is 34.4 Å². The molecule has 0 saturated heterocycles. The van der Waals surface area contributed by atoms with E-state index in [9.17, 15) is 9.59 Å². The summed E-state index contributed by atoms with van der Waals surface area (Å²) in [6.07, 6.45) is 3.25. The third kappa shape index (κ3) is 3.22. The maximum Gasteiger partial charge on any atom is 0.411 e. The summed E-state index contributed by atoms with van der Waals surface area (Å²) in [6, 6.07) is 1.60. The fraction of sp³-hybridized carbons (Fsp3) is 0.400. The van der Waals surface area contributed by atoms with Crippen LogP contribution in [0.25, 0.3) is 0 Å². The number of carbonyl (C=O) groups is 1. The van der Waals surface area contributed by atoms with Gasteiger partial charge in [-0.05, 0) is 47.4 Å². The van der Waals surface area contributed by atoms with Crippen molar-refractivity contribution in [1.82, 2.24) is 4.98 Å². The highest BCUT2D eigenvalue weighted by Gasteiger charge is 2.23. The van der Waals surface area contributed by atoms with Crippen molar-refractivity contribution in [3.8, 4) is 0 Å². The largest absolute Gasteiger partial charge is 0.449 e. The van der Waals surface area contributed by atoms with Gasteiger partial charge in [-0.15, -0.1) is 0 Å². The van der Waals surface area contributed by atoms with Gasteiger partial charge in [0.15, 0.2) is 0 Å². The van der Waals surface area contributed by atoms with Crippen molar-refractivity contribution in [3.05, 3.63) is 26.2 Å². The number of H-pyrrole nitrogens is 1. The molecule has 1 fully saturated rings. The number of nitrogens with one attached hydrogen (secondary N) is 2. The molecule has 5 nitrogen and oxygen atoms in total. The molecule has 0 atom stereocenters. The van der Waals surface area contributed by atoms with Crippen LogP contribution in [0, 0.1) is 9.49 Å². The van der Waals surface area contributed by atoms with Gasteiger partial charge in [0.2, 0.25) is 0 Å². The number of hydrogen-bond acceptors (Lipinski definition) is 3. The molecule has 0 aliphatic heterocycles. The Morgan fingerprint density at radius 2 is 2.38 bits per heavy atom. The lowest BCUT2D eigenvalue weighted by molar-refractivity contribution is 0.156. The highest BCUT2D eigenvalue weighted by atomic mass is 127. The van der Waals surface area contributed by atoms with E-state index in [0.29, 0.717) is 12.5 Å². The highest BCUT2D eigenvalue weighted by molar-refractivity contribution is 14.1. The number of hydrogen-bond donors (Lipinski definition) is 2. The first-order valence-corrected chi connectivity index (χ1v) is 6.05. The second kappa shape index (κ2) is 4.86. The number of halogens is 1. The van der Waals surface area contributed by atoms with E-state index in [1.807, 2.05) is 22.6 Å². The van der Waals surface area contributed by atoms with Crippen LogP contribution < -0.4 is 10.9 Å². The van der Waals surface area contributed by atoms with E-state index in [2.05, 4.69) is 10.3 Å². The van der Waals surface area contributed by atoms with Crippen LogP contribution in [0.3, 0.4) is 0 Å². The first-order valence-electron chi connectivity index (χ1n) is 4.97. The van der Waals surface area contributed by atoms with Crippen molar-refractivity contribution in [2.75, 3.05) is 11.9 Å². The SMILES string of the molecule is O=C(Nc1cc(I)c[nH]c1=O)OCC1CC1. The lowest BCUT2D eigenvalue weighted by Gasteiger charge is -2.05. The highest BCUT2D eigenvalue weighted by Crippen LogP contribution is 2.28.